The van der Waals surface area contributed by atoms with E-state index in [1.165, 1.54) is 0 Å². The fourth-order valence-corrected chi connectivity index (χ4v) is 5.40. The number of hydrogen-bond acceptors (Lipinski definition) is 3. The third-order valence-corrected chi connectivity index (χ3v) is 6.54. The second-order valence-corrected chi connectivity index (χ2v) is 7.90. The Bertz CT molecular complexity index is 962. The molecule has 1 atom stereocenters. The molecule has 0 bridgehead atoms. The molecule has 3 aromatic rings. The highest BCUT2D eigenvalue weighted by molar-refractivity contribution is 7.75. The summed E-state index contributed by atoms with van der Waals surface area (Å²) >= 11 is 0. The largest absolute Gasteiger partial charge is 0.507 e. The van der Waals surface area contributed by atoms with Crippen LogP contribution in [-0.2, 0) is 4.57 Å². The molecular weight excluding hydrogens is 307 g/mol. The third kappa shape index (κ3) is 2.08. The smallest absolute Gasteiger partial charge is 0.311 e. The van der Waals surface area contributed by atoms with E-state index in [9.17, 15) is 9.67 Å². The van der Waals surface area contributed by atoms with Crippen LogP contribution in [0.25, 0.3) is 11.1 Å². The van der Waals surface area contributed by atoms with E-state index in [4.69, 9.17) is 4.52 Å². The minimum atomic E-state index is -3.40. The minimum absolute atomic E-state index is 0.00637. The lowest BCUT2D eigenvalue weighted by atomic mass is 10.0. The summed E-state index contributed by atoms with van der Waals surface area (Å²) in [6, 6.07) is 20.2. The van der Waals surface area contributed by atoms with Gasteiger partial charge in [-0.3, -0.25) is 4.57 Å². The van der Waals surface area contributed by atoms with Gasteiger partial charge in [0.25, 0.3) is 0 Å². The first-order chi connectivity index (χ1) is 11.1. The second-order valence-electron chi connectivity index (χ2n) is 5.65. The van der Waals surface area contributed by atoms with Gasteiger partial charge in [0.2, 0.25) is 0 Å². The zero-order chi connectivity index (χ0) is 16.0. The molecule has 1 unspecified atom stereocenters. The normalized spacial score (nSPS) is 18.7. The van der Waals surface area contributed by atoms with Gasteiger partial charge in [0.15, 0.2) is 0 Å². The molecule has 114 valence electrons. The van der Waals surface area contributed by atoms with Crippen molar-refractivity contribution in [2.24, 2.45) is 0 Å². The van der Waals surface area contributed by atoms with Gasteiger partial charge in [-0.1, -0.05) is 42.5 Å². The number of hydrogen-bond donors (Lipinski definition) is 1. The minimum Gasteiger partial charge on any atom is -0.507 e. The van der Waals surface area contributed by atoms with Gasteiger partial charge in [0, 0.05) is 5.56 Å². The highest BCUT2D eigenvalue weighted by Gasteiger charge is 2.39. The quantitative estimate of drug-likeness (QED) is 0.689. The third-order valence-electron chi connectivity index (χ3n) is 4.07. The summed E-state index contributed by atoms with van der Waals surface area (Å²) < 4.78 is 19.8. The summed E-state index contributed by atoms with van der Waals surface area (Å²) in [7, 11) is -3.40. The van der Waals surface area contributed by atoms with Crippen LogP contribution in [0.15, 0.2) is 66.7 Å². The summed E-state index contributed by atoms with van der Waals surface area (Å²) in [5.41, 5.74) is 2.73. The first kappa shape index (κ1) is 14.1. The summed E-state index contributed by atoms with van der Waals surface area (Å²) in [5.74, 6) is 0.573. The first-order valence-corrected chi connectivity index (χ1v) is 9.01. The molecule has 4 heteroatoms. The number of phenols is 1. The number of para-hydroxylation sites is 1. The zero-order valence-corrected chi connectivity index (χ0v) is 13.5. The van der Waals surface area contributed by atoms with E-state index in [0.717, 1.165) is 16.7 Å². The van der Waals surface area contributed by atoms with Crippen molar-refractivity contribution >= 4 is 18.0 Å². The molecule has 1 aliphatic rings. The van der Waals surface area contributed by atoms with E-state index in [1.54, 1.807) is 18.2 Å². The molecule has 23 heavy (non-hydrogen) atoms. The molecule has 0 aromatic heterocycles. The van der Waals surface area contributed by atoms with E-state index in [-0.39, 0.29) is 5.75 Å². The Morgan fingerprint density at radius 1 is 0.870 bits per heavy atom. The molecule has 3 aromatic carbocycles. The predicted octanol–water partition coefficient (Wildman–Crippen LogP) is 3.99. The van der Waals surface area contributed by atoms with Crippen molar-refractivity contribution < 1.29 is 14.2 Å². The maximum Gasteiger partial charge on any atom is 0.311 e. The van der Waals surface area contributed by atoms with E-state index < -0.39 is 7.37 Å². The molecule has 0 saturated carbocycles. The number of fused-ring (bicyclic) bond motifs is 3. The Hall–Kier alpha value is -2.51. The molecule has 3 nitrogen and oxygen atoms in total. The molecule has 1 aliphatic heterocycles. The molecule has 1 heterocycles. The average Bonchev–Trinajstić information content (AvgIpc) is 2.57. The lowest BCUT2D eigenvalue weighted by molar-refractivity contribution is 0.472. The van der Waals surface area contributed by atoms with Gasteiger partial charge in [-0.2, -0.15) is 0 Å². The van der Waals surface area contributed by atoms with Crippen molar-refractivity contribution in [3.63, 3.8) is 0 Å². The molecule has 1 N–H and O–H groups in total. The van der Waals surface area contributed by atoms with E-state index in [2.05, 4.69) is 0 Å². The second kappa shape index (κ2) is 5.00. The summed E-state index contributed by atoms with van der Waals surface area (Å²) in [6.45, 7) is 1.90. The molecule has 4 rings (SSSR count). The van der Waals surface area contributed by atoms with Crippen molar-refractivity contribution in [3.8, 4) is 22.6 Å². The lowest BCUT2D eigenvalue weighted by Gasteiger charge is -2.29. The molecule has 0 spiro atoms. The van der Waals surface area contributed by atoms with Crippen LogP contribution in [0.4, 0.5) is 0 Å². The van der Waals surface area contributed by atoms with E-state index in [1.807, 2.05) is 55.5 Å². The van der Waals surface area contributed by atoms with Crippen molar-refractivity contribution in [1.82, 2.24) is 0 Å². The predicted molar refractivity (Wildman–Crippen MR) is 92.2 cm³/mol. The van der Waals surface area contributed by atoms with Crippen LogP contribution in [0.2, 0.25) is 0 Å². The number of aryl methyl sites for hydroxylation is 1. The SMILES string of the molecule is Cc1ccc(O)c(P2(=O)Oc3ccccc3-c3ccccc32)c1. The number of rotatable bonds is 1. The van der Waals surface area contributed by atoms with Crippen LogP contribution in [0, 0.1) is 6.92 Å². The van der Waals surface area contributed by atoms with Crippen LogP contribution in [0.1, 0.15) is 5.56 Å². The summed E-state index contributed by atoms with van der Waals surface area (Å²) in [4.78, 5) is 0. The van der Waals surface area contributed by atoms with Gasteiger partial charge in [0.05, 0.1) is 10.6 Å². The molecular formula is C19H15O3P. The molecule has 0 amide bonds. The fraction of sp³-hybridized carbons (Fsp3) is 0.0526. The topological polar surface area (TPSA) is 46.5 Å². The maximum absolute atomic E-state index is 13.8. The van der Waals surface area contributed by atoms with Crippen LogP contribution in [0.3, 0.4) is 0 Å². The van der Waals surface area contributed by atoms with Crippen molar-refractivity contribution in [2.75, 3.05) is 0 Å². The van der Waals surface area contributed by atoms with Crippen LogP contribution in [-0.4, -0.2) is 5.11 Å². The maximum atomic E-state index is 13.8. The Labute approximate surface area is 134 Å². The molecule has 0 saturated heterocycles. The van der Waals surface area contributed by atoms with Crippen LogP contribution < -0.4 is 15.1 Å². The fourth-order valence-electron chi connectivity index (χ4n) is 2.96. The van der Waals surface area contributed by atoms with Gasteiger partial charge >= 0.3 is 7.37 Å². The molecule has 0 aliphatic carbocycles. The van der Waals surface area contributed by atoms with E-state index >= 15 is 0 Å². The Morgan fingerprint density at radius 2 is 1.57 bits per heavy atom. The zero-order valence-electron chi connectivity index (χ0n) is 12.6. The van der Waals surface area contributed by atoms with Crippen LogP contribution >= 0.6 is 7.37 Å². The van der Waals surface area contributed by atoms with Gasteiger partial charge in [-0.15, -0.1) is 0 Å². The van der Waals surface area contributed by atoms with Crippen molar-refractivity contribution in [3.05, 3.63) is 72.3 Å². The van der Waals surface area contributed by atoms with Crippen LogP contribution in [0.5, 0.6) is 11.5 Å². The van der Waals surface area contributed by atoms with Gasteiger partial charge in [-0.25, -0.2) is 0 Å². The lowest BCUT2D eigenvalue weighted by Crippen LogP contribution is -2.25. The molecule has 0 fully saturated rings. The Morgan fingerprint density at radius 3 is 2.39 bits per heavy atom. The summed E-state index contributed by atoms with van der Waals surface area (Å²) in [6.07, 6.45) is 0. The Kier molecular flexibility index (Phi) is 3.07. The Balaban J connectivity index is 2.05. The first-order valence-electron chi connectivity index (χ1n) is 7.38. The van der Waals surface area contributed by atoms with Crippen molar-refractivity contribution in [1.29, 1.82) is 0 Å². The highest BCUT2D eigenvalue weighted by Crippen LogP contribution is 2.54. The standard InChI is InChI=1S/C19H15O3P/c1-13-10-11-16(20)19(12-13)23(21)18-9-5-3-7-15(18)14-6-2-4-8-17(14)22-23/h2-12,20H,1H3. The van der Waals surface area contributed by atoms with Gasteiger partial charge in [0.1, 0.15) is 11.5 Å². The average molecular weight is 322 g/mol. The van der Waals surface area contributed by atoms with Crippen molar-refractivity contribution in [2.45, 2.75) is 6.92 Å². The van der Waals surface area contributed by atoms with Gasteiger partial charge in [-0.05, 0) is 42.3 Å². The number of phenolic OH excluding ortho intramolecular Hbond substituents is 1. The van der Waals surface area contributed by atoms with Gasteiger partial charge < -0.3 is 9.63 Å². The monoisotopic (exact) mass is 322 g/mol. The van der Waals surface area contributed by atoms with E-state index in [0.29, 0.717) is 16.4 Å². The highest BCUT2D eigenvalue weighted by atomic mass is 31.2. The summed E-state index contributed by atoms with van der Waals surface area (Å²) in [5, 5.41) is 11.2. The number of benzene rings is 3. The molecule has 0 radical (unpaired) electrons. The number of aromatic hydroxyl groups is 1.